The molecule has 1 heterocycles. The van der Waals surface area contributed by atoms with Crippen LogP contribution in [0.1, 0.15) is 5.56 Å². The van der Waals surface area contributed by atoms with Crippen LogP contribution < -0.4 is 5.32 Å². The van der Waals surface area contributed by atoms with E-state index in [9.17, 15) is 0 Å². The summed E-state index contributed by atoms with van der Waals surface area (Å²) in [5, 5.41) is 4.96. The summed E-state index contributed by atoms with van der Waals surface area (Å²) >= 11 is 12.2. The molecule has 0 spiro atoms. The Labute approximate surface area is 126 Å². The van der Waals surface area contributed by atoms with Crippen molar-refractivity contribution in [1.82, 2.24) is 9.97 Å². The molecule has 0 amide bonds. The molecular weight excluding hydrogens is 293 g/mol. The van der Waals surface area contributed by atoms with E-state index in [2.05, 4.69) is 15.3 Å². The van der Waals surface area contributed by atoms with Gasteiger partial charge in [-0.1, -0.05) is 29.8 Å². The molecule has 3 aromatic rings. The number of nitrogens with one attached hydrogen (secondary N) is 1. The summed E-state index contributed by atoms with van der Waals surface area (Å²) < 4.78 is 0. The molecule has 0 unspecified atom stereocenters. The normalized spacial score (nSPS) is 10.8. The van der Waals surface area contributed by atoms with E-state index in [1.807, 2.05) is 49.4 Å². The third kappa shape index (κ3) is 2.55. The lowest BCUT2D eigenvalue weighted by Gasteiger charge is -2.10. The molecule has 3 nitrogen and oxygen atoms in total. The summed E-state index contributed by atoms with van der Waals surface area (Å²) in [6, 6.07) is 13.5. The van der Waals surface area contributed by atoms with Crippen molar-refractivity contribution in [1.29, 1.82) is 0 Å². The summed E-state index contributed by atoms with van der Waals surface area (Å²) in [6.45, 7) is 1.99. The Morgan fingerprint density at radius 3 is 2.60 bits per heavy atom. The number of hydrogen-bond acceptors (Lipinski definition) is 3. The molecule has 1 aromatic heterocycles. The standard InChI is InChI=1S/C15H11Cl2N3/c1-9-6-7-13(11(16)8-9)18-14-10-4-2-3-5-12(10)19-15(17)20-14/h2-8H,1H3,(H,18,19,20). The van der Waals surface area contributed by atoms with Gasteiger partial charge in [-0.25, -0.2) is 4.98 Å². The molecular formula is C15H11Cl2N3. The molecule has 0 fully saturated rings. The van der Waals surface area contributed by atoms with Gasteiger partial charge in [0.25, 0.3) is 0 Å². The van der Waals surface area contributed by atoms with E-state index in [1.165, 1.54) is 0 Å². The summed E-state index contributed by atoms with van der Waals surface area (Å²) in [5.41, 5.74) is 2.68. The van der Waals surface area contributed by atoms with Crippen molar-refractivity contribution in [3.8, 4) is 0 Å². The van der Waals surface area contributed by atoms with Gasteiger partial charge in [-0.3, -0.25) is 0 Å². The van der Waals surface area contributed by atoms with Gasteiger partial charge in [0.05, 0.1) is 16.2 Å². The van der Waals surface area contributed by atoms with Crippen LogP contribution in [0.25, 0.3) is 10.9 Å². The number of hydrogen-bond donors (Lipinski definition) is 1. The molecule has 0 radical (unpaired) electrons. The highest BCUT2D eigenvalue weighted by molar-refractivity contribution is 6.33. The van der Waals surface area contributed by atoms with Crippen molar-refractivity contribution >= 4 is 45.6 Å². The maximum atomic E-state index is 6.23. The molecule has 0 aliphatic rings. The van der Waals surface area contributed by atoms with Crippen LogP contribution in [-0.2, 0) is 0 Å². The Hall–Kier alpha value is -1.84. The molecule has 0 aliphatic carbocycles. The van der Waals surface area contributed by atoms with Crippen molar-refractivity contribution in [3.05, 3.63) is 58.3 Å². The fourth-order valence-electron chi connectivity index (χ4n) is 1.99. The second kappa shape index (κ2) is 5.27. The van der Waals surface area contributed by atoms with Crippen LogP contribution >= 0.6 is 23.2 Å². The number of aromatic nitrogens is 2. The minimum absolute atomic E-state index is 0.203. The van der Waals surface area contributed by atoms with Gasteiger partial charge in [0, 0.05) is 5.39 Å². The smallest absolute Gasteiger partial charge is 0.224 e. The number of benzene rings is 2. The molecule has 0 bridgehead atoms. The molecule has 3 rings (SSSR count). The lowest BCUT2D eigenvalue weighted by Crippen LogP contribution is -1.98. The van der Waals surface area contributed by atoms with Crippen molar-refractivity contribution in [3.63, 3.8) is 0 Å². The molecule has 0 saturated carbocycles. The highest BCUT2D eigenvalue weighted by Gasteiger charge is 2.08. The SMILES string of the molecule is Cc1ccc(Nc2nc(Cl)nc3ccccc23)c(Cl)c1. The molecule has 0 aliphatic heterocycles. The average molecular weight is 304 g/mol. The van der Waals surface area contributed by atoms with Gasteiger partial charge in [-0.15, -0.1) is 0 Å². The van der Waals surface area contributed by atoms with Gasteiger partial charge >= 0.3 is 0 Å². The number of rotatable bonds is 2. The van der Waals surface area contributed by atoms with Gasteiger partial charge in [0.2, 0.25) is 5.28 Å². The van der Waals surface area contributed by atoms with E-state index < -0.39 is 0 Å². The Morgan fingerprint density at radius 2 is 1.80 bits per heavy atom. The second-order valence-electron chi connectivity index (χ2n) is 4.47. The quantitative estimate of drug-likeness (QED) is 0.678. The van der Waals surface area contributed by atoms with Gasteiger partial charge in [0.15, 0.2) is 0 Å². The maximum absolute atomic E-state index is 6.23. The first-order chi connectivity index (χ1) is 9.63. The van der Waals surface area contributed by atoms with E-state index in [1.54, 1.807) is 0 Å². The number of aryl methyl sites for hydroxylation is 1. The van der Waals surface area contributed by atoms with Gasteiger partial charge in [0.1, 0.15) is 5.82 Å². The van der Waals surface area contributed by atoms with Crippen molar-refractivity contribution in [2.75, 3.05) is 5.32 Å². The largest absolute Gasteiger partial charge is 0.338 e. The zero-order chi connectivity index (χ0) is 14.1. The first-order valence-corrected chi connectivity index (χ1v) is 6.84. The minimum atomic E-state index is 0.203. The molecule has 1 N–H and O–H groups in total. The van der Waals surface area contributed by atoms with E-state index >= 15 is 0 Å². The van der Waals surface area contributed by atoms with Crippen molar-refractivity contribution in [2.45, 2.75) is 6.92 Å². The molecule has 2 aromatic carbocycles. The highest BCUT2D eigenvalue weighted by Crippen LogP contribution is 2.29. The first kappa shape index (κ1) is 13.2. The topological polar surface area (TPSA) is 37.8 Å². The fourth-order valence-corrected chi connectivity index (χ4v) is 2.45. The summed E-state index contributed by atoms with van der Waals surface area (Å²) in [5.74, 6) is 0.645. The average Bonchev–Trinajstić information content (AvgIpc) is 2.41. The predicted molar refractivity (Wildman–Crippen MR) is 84.0 cm³/mol. The zero-order valence-corrected chi connectivity index (χ0v) is 12.2. The minimum Gasteiger partial charge on any atom is -0.338 e. The summed E-state index contributed by atoms with van der Waals surface area (Å²) in [7, 11) is 0. The van der Waals surface area contributed by atoms with Crippen LogP contribution in [0.3, 0.4) is 0 Å². The number of nitrogens with zero attached hydrogens (tertiary/aromatic N) is 2. The molecule has 0 atom stereocenters. The third-order valence-corrected chi connectivity index (χ3v) is 3.44. The Morgan fingerprint density at radius 1 is 1.00 bits per heavy atom. The molecule has 0 saturated heterocycles. The molecule has 20 heavy (non-hydrogen) atoms. The van der Waals surface area contributed by atoms with Gasteiger partial charge in [-0.05, 0) is 48.4 Å². The fraction of sp³-hybridized carbons (Fsp3) is 0.0667. The number of para-hydroxylation sites is 1. The number of halogens is 2. The van der Waals surface area contributed by atoms with Crippen LogP contribution in [0.15, 0.2) is 42.5 Å². The molecule has 100 valence electrons. The van der Waals surface area contributed by atoms with Crippen LogP contribution in [-0.4, -0.2) is 9.97 Å². The predicted octanol–water partition coefficient (Wildman–Crippen LogP) is 4.99. The molecule has 5 heteroatoms. The van der Waals surface area contributed by atoms with Gasteiger partial charge < -0.3 is 5.32 Å². The summed E-state index contributed by atoms with van der Waals surface area (Å²) in [6.07, 6.45) is 0. The van der Waals surface area contributed by atoms with E-state index in [0.29, 0.717) is 10.8 Å². The van der Waals surface area contributed by atoms with E-state index in [-0.39, 0.29) is 5.28 Å². The lowest BCUT2D eigenvalue weighted by atomic mass is 10.2. The lowest BCUT2D eigenvalue weighted by molar-refractivity contribution is 1.22. The first-order valence-electron chi connectivity index (χ1n) is 6.09. The van der Waals surface area contributed by atoms with Crippen LogP contribution in [0.5, 0.6) is 0 Å². The van der Waals surface area contributed by atoms with E-state index in [4.69, 9.17) is 23.2 Å². The van der Waals surface area contributed by atoms with E-state index in [0.717, 1.165) is 22.2 Å². The second-order valence-corrected chi connectivity index (χ2v) is 5.21. The third-order valence-electron chi connectivity index (χ3n) is 2.95. The Balaban J connectivity index is 2.10. The highest BCUT2D eigenvalue weighted by atomic mass is 35.5. The van der Waals surface area contributed by atoms with Crippen molar-refractivity contribution < 1.29 is 0 Å². The van der Waals surface area contributed by atoms with Crippen LogP contribution in [0.4, 0.5) is 11.5 Å². The number of anilines is 2. The van der Waals surface area contributed by atoms with Crippen LogP contribution in [0.2, 0.25) is 10.3 Å². The maximum Gasteiger partial charge on any atom is 0.224 e. The zero-order valence-electron chi connectivity index (χ0n) is 10.7. The number of fused-ring (bicyclic) bond motifs is 1. The van der Waals surface area contributed by atoms with Crippen molar-refractivity contribution in [2.24, 2.45) is 0 Å². The van der Waals surface area contributed by atoms with Gasteiger partial charge in [-0.2, -0.15) is 4.98 Å². The van der Waals surface area contributed by atoms with Crippen LogP contribution in [0, 0.1) is 6.92 Å². The Bertz CT molecular complexity index is 787. The summed E-state index contributed by atoms with van der Waals surface area (Å²) in [4.78, 5) is 8.44. The Kier molecular flexibility index (Phi) is 3.47. The monoisotopic (exact) mass is 303 g/mol.